The Kier molecular flexibility index (Phi) is 4.01. The third-order valence-electron chi connectivity index (χ3n) is 2.14. The third kappa shape index (κ3) is 3.13. The Morgan fingerprint density at radius 2 is 1.71 bits per heavy atom. The second-order valence-electron chi connectivity index (χ2n) is 3.31. The predicted molar refractivity (Wildman–Crippen MR) is 50.2 cm³/mol. The Labute approximate surface area is 94.9 Å². The number of carbonyl (C=O) groups is 2. The van der Waals surface area contributed by atoms with E-state index in [1.54, 1.807) is 6.07 Å². The quantitative estimate of drug-likeness (QED) is 0.586. The largest absolute Gasteiger partial charge is 0.854 e. The van der Waals surface area contributed by atoms with E-state index in [2.05, 4.69) is 0 Å². The van der Waals surface area contributed by atoms with Gasteiger partial charge in [-0.15, -0.1) is 6.61 Å². The van der Waals surface area contributed by atoms with Crippen LogP contribution in [0.3, 0.4) is 0 Å². The first-order chi connectivity index (χ1) is 7.88. The van der Waals surface area contributed by atoms with E-state index in [1.165, 1.54) is 24.3 Å². The zero-order chi connectivity index (χ0) is 13.1. The van der Waals surface area contributed by atoms with Crippen molar-refractivity contribution in [3.8, 4) is 0 Å². The van der Waals surface area contributed by atoms with Crippen molar-refractivity contribution in [2.24, 2.45) is 5.92 Å². The molecule has 0 saturated heterocycles. The summed E-state index contributed by atoms with van der Waals surface area (Å²) in [6.07, 6.45) is -5.17. The lowest BCUT2D eigenvalue weighted by Crippen LogP contribution is -2.40. The minimum Gasteiger partial charge on any atom is -0.854 e. The molecule has 1 aromatic rings. The average Bonchev–Trinajstić information content (AvgIpc) is 2.29. The summed E-state index contributed by atoms with van der Waals surface area (Å²) in [6, 6.07) is 6.96. The van der Waals surface area contributed by atoms with Crippen molar-refractivity contribution < 1.29 is 27.9 Å². The van der Waals surface area contributed by atoms with Gasteiger partial charge in [0.25, 0.3) is 0 Å². The number of Topliss-reactive ketones (excluding diaryl/α,β-unsaturated/α-hetero) is 2. The van der Waals surface area contributed by atoms with E-state index in [1.807, 2.05) is 0 Å². The van der Waals surface area contributed by atoms with E-state index in [-0.39, 0.29) is 5.56 Å². The van der Waals surface area contributed by atoms with E-state index in [4.69, 9.17) is 0 Å². The lowest BCUT2D eigenvalue weighted by molar-refractivity contribution is -0.373. The SMILES string of the molecule is O=C(c1ccccc1)C(C[O-])C(=O)C(F)(F)F. The number of halogens is 3. The van der Waals surface area contributed by atoms with Crippen molar-refractivity contribution in [1.82, 2.24) is 0 Å². The van der Waals surface area contributed by atoms with Crippen LogP contribution in [-0.4, -0.2) is 24.3 Å². The van der Waals surface area contributed by atoms with Crippen LogP contribution in [-0.2, 0) is 4.79 Å². The highest BCUT2D eigenvalue weighted by Crippen LogP contribution is 2.22. The van der Waals surface area contributed by atoms with Gasteiger partial charge in [0, 0.05) is 5.56 Å². The molecular formula is C11H8F3O3-. The van der Waals surface area contributed by atoms with Gasteiger partial charge < -0.3 is 5.11 Å². The molecule has 92 valence electrons. The molecule has 1 unspecified atom stereocenters. The van der Waals surface area contributed by atoms with E-state index < -0.39 is 30.3 Å². The normalized spacial score (nSPS) is 13.2. The maximum absolute atomic E-state index is 12.1. The molecule has 1 atom stereocenters. The average molecular weight is 245 g/mol. The molecule has 17 heavy (non-hydrogen) atoms. The number of hydrogen-bond donors (Lipinski definition) is 0. The highest BCUT2D eigenvalue weighted by atomic mass is 19.4. The first-order valence-electron chi connectivity index (χ1n) is 4.66. The molecule has 1 aromatic carbocycles. The number of carbonyl (C=O) groups excluding carboxylic acids is 2. The molecule has 0 heterocycles. The second kappa shape index (κ2) is 5.09. The Bertz CT molecular complexity index is 412. The van der Waals surface area contributed by atoms with Crippen molar-refractivity contribution in [1.29, 1.82) is 0 Å². The maximum atomic E-state index is 12.1. The van der Waals surface area contributed by atoms with Crippen LogP contribution >= 0.6 is 0 Å². The Morgan fingerprint density at radius 3 is 2.12 bits per heavy atom. The first-order valence-corrected chi connectivity index (χ1v) is 4.66. The molecule has 0 aliphatic carbocycles. The Balaban J connectivity index is 2.97. The predicted octanol–water partition coefficient (Wildman–Crippen LogP) is 0.977. The van der Waals surface area contributed by atoms with Gasteiger partial charge in [0.05, 0.1) is 5.92 Å². The van der Waals surface area contributed by atoms with E-state index in [9.17, 15) is 27.9 Å². The third-order valence-corrected chi connectivity index (χ3v) is 2.14. The van der Waals surface area contributed by atoms with Crippen molar-refractivity contribution in [2.75, 3.05) is 6.61 Å². The first kappa shape index (κ1) is 13.4. The number of ketones is 2. The summed E-state index contributed by atoms with van der Waals surface area (Å²) in [5, 5.41) is 10.6. The number of hydrogen-bond acceptors (Lipinski definition) is 3. The number of alkyl halides is 3. The molecule has 0 bridgehead atoms. The van der Waals surface area contributed by atoms with Gasteiger partial charge in [0.15, 0.2) is 5.78 Å². The summed E-state index contributed by atoms with van der Waals surface area (Å²) < 4.78 is 36.4. The van der Waals surface area contributed by atoms with Gasteiger partial charge in [-0.3, -0.25) is 9.59 Å². The van der Waals surface area contributed by atoms with Crippen molar-refractivity contribution in [3.05, 3.63) is 35.9 Å². The lowest BCUT2D eigenvalue weighted by atomic mass is 9.94. The molecular weight excluding hydrogens is 237 g/mol. The minimum absolute atomic E-state index is 0.0778. The summed E-state index contributed by atoms with van der Waals surface area (Å²) in [5.74, 6) is -5.58. The van der Waals surface area contributed by atoms with Crippen LogP contribution in [0, 0.1) is 5.92 Å². The van der Waals surface area contributed by atoms with Gasteiger partial charge in [-0.25, -0.2) is 0 Å². The molecule has 0 aromatic heterocycles. The van der Waals surface area contributed by atoms with Crippen LogP contribution in [0.1, 0.15) is 10.4 Å². The summed E-state index contributed by atoms with van der Waals surface area (Å²) in [4.78, 5) is 22.4. The molecule has 0 aliphatic heterocycles. The fourth-order valence-electron chi connectivity index (χ4n) is 1.27. The van der Waals surface area contributed by atoms with Gasteiger partial charge in [-0.2, -0.15) is 13.2 Å². The highest BCUT2D eigenvalue weighted by Gasteiger charge is 2.44. The molecule has 3 nitrogen and oxygen atoms in total. The van der Waals surface area contributed by atoms with Gasteiger partial charge in [0.1, 0.15) is 0 Å². The summed E-state index contributed by atoms with van der Waals surface area (Å²) in [5.41, 5.74) is -0.0778. The smallest absolute Gasteiger partial charge is 0.450 e. The van der Waals surface area contributed by atoms with Gasteiger partial charge in [-0.05, 0) is 0 Å². The molecule has 0 amide bonds. The molecule has 0 radical (unpaired) electrons. The van der Waals surface area contributed by atoms with Gasteiger partial charge >= 0.3 is 6.18 Å². The van der Waals surface area contributed by atoms with Crippen molar-refractivity contribution in [2.45, 2.75) is 6.18 Å². The molecule has 0 N–H and O–H groups in total. The van der Waals surface area contributed by atoms with Crippen LogP contribution in [0.4, 0.5) is 13.2 Å². The molecule has 0 saturated carbocycles. The molecule has 6 heteroatoms. The van der Waals surface area contributed by atoms with Crippen LogP contribution in [0.15, 0.2) is 30.3 Å². The van der Waals surface area contributed by atoms with Crippen LogP contribution in [0.25, 0.3) is 0 Å². The van der Waals surface area contributed by atoms with Crippen molar-refractivity contribution >= 4 is 11.6 Å². The lowest BCUT2D eigenvalue weighted by Gasteiger charge is -2.18. The van der Waals surface area contributed by atoms with E-state index >= 15 is 0 Å². The summed E-state index contributed by atoms with van der Waals surface area (Å²) >= 11 is 0. The standard InChI is InChI=1S/C11H8F3O3/c12-11(13,14)10(17)8(6-15)9(16)7-4-2-1-3-5-7/h1-5,8H,6H2/q-1. The van der Waals surface area contributed by atoms with Crippen molar-refractivity contribution in [3.63, 3.8) is 0 Å². The molecule has 1 rings (SSSR count). The molecule has 0 aliphatic rings. The summed E-state index contributed by atoms with van der Waals surface area (Å²) in [7, 11) is 0. The zero-order valence-corrected chi connectivity index (χ0v) is 8.53. The topological polar surface area (TPSA) is 57.2 Å². The Morgan fingerprint density at radius 1 is 1.18 bits per heavy atom. The number of benzene rings is 1. The van der Waals surface area contributed by atoms with Gasteiger partial charge in [0.2, 0.25) is 5.78 Å². The van der Waals surface area contributed by atoms with Crippen LogP contribution in [0.2, 0.25) is 0 Å². The highest BCUT2D eigenvalue weighted by molar-refractivity contribution is 6.12. The number of rotatable bonds is 4. The summed E-state index contributed by atoms with van der Waals surface area (Å²) in [6.45, 7) is -1.41. The fraction of sp³-hybridized carbons (Fsp3) is 0.273. The van der Waals surface area contributed by atoms with E-state index in [0.29, 0.717) is 0 Å². The second-order valence-corrected chi connectivity index (χ2v) is 3.31. The molecule has 0 spiro atoms. The van der Waals surface area contributed by atoms with E-state index in [0.717, 1.165) is 0 Å². The molecule has 0 fully saturated rings. The Hall–Kier alpha value is -1.69. The monoisotopic (exact) mass is 245 g/mol. The minimum atomic E-state index is -5.17. The zero-order valence-electron chi connectivity index (χ0n) is 8.53. The van der Waals surface area contributed by atoms with Crippen LogP contribution in [0.5, 0.6) is 0 Å². The van der Waals surface area contributed by atoms with Gasteiger partial charge in [-0.1, -0.05) is 30.3 Å². The van der Waals surface area contributed by atoms with Crippen LogP contribution < -0.4 is 5.11 Å². The fourth-order valence-corrected chi connectivity index (χ4v) is 1.27. The maximum Gasteiger partial charge on any atom is 0.450 e.